The third-order valence-corrected chi connectivity index (χ3v) is 4.31. The van der Waals surface area contributed by atoms with Crippen LogP contribution in [0.25, 0.3) is 0 Å². The van der Waals surface area contributed by atoms with Crippen molar-refractivity contribution in [1.82, 2.24) is 10.3 Å². The summed E-state index contributed by atoms with van der Waals surface area (Å²) in [6.07, 6.45) is 0. The highest BCUT2D eigenvalue weighted by Gasteiger charge is 2.13. The minimum atomic E-state index is -0.361. The van der Waals surface area contributed by atoms with Crippen LogP contribution in [-0.4, -0.2) is 23.9 Å². The van der Waals surface area contributed by atoms with Gasteiger partial charge in [-0.1, -0.05) is 24.3 Å². The average molecular weight is 389 g/mol. The quantitative estimate of drug-likeness (QED) is 0.670. The molecule has 0 saturated heterocycles. The van der Waals surface area contributed by atoms with E-state index in [-0.39, 0.29) is 23.2 Å². The third kappa shape index (κ3) is 5.42. The summed E-state index contributed by atoms with van der Waals surface area (Å²) in [7, 11) is 1.60. The van der Waals surface area contributed by atoms with Crippen molar-refractivity contribution in [3.05, 3.63) is 88.7 Å². The summed E-state index contributed by atoms with van der Waals surface area (Å²) in [5.41, 5.74) is 4.11. The van der Waals surface area contributed by atoms with Crippen LogP contribution in [0, 0.1) is 13.8 Å². The van der Waals surface area contributed by atoms with E-state index in [2.05, 4.69) is 15.6 Å². The van der Waals surface area contributed by atoms with Crippen LogP contribution in [0.2, 0.25) is 0 Å². The van der Waals surface area contributed by atoms with E-state index < -0.39 is 0 Å². The molecule has 3 rings (SSSR count). The topological polar surface area (TPSA) is 80.3 Å². The monoisotopic (exact) mass is 389 g/mol. The lowest BCUT2D eigenvalue weighted by atomic mass is 10.1. The first-order chi connectivity index (χ1) is 13.9. The van der Waals surface area contributed by atoms with Crippen molar-refractivity contribution in [2.24, 2.45) is 0 Å². The van der Waals surface area contributed by atoms with Crippen LogP contribution in [0.15, 0.2) is 60.7 Å². The molecule has 0 radical (unpaired) electrons. The fraction of sp³-hybridized carbons (Fsp3) is 0.174. The molecule has 2 N–H and O–H groups in total. The number of benzene rings is 2. The number of rotatable bonds is 6. The highest BCUT2D eigenvalue weighted by atomic mass is 16.5. The minimum Gasteiger partial charge on any atom is -0.497 e. The molecular formula is C23H23N3O3. The van der Waals surface area contributed by atoms with Gasteiger partial charge in [0.1, 0.15) is 17.1 Å². The summed E-state index contributed by atoms with van der Waals surface area (Å²) in [5.74, 6) is 0.0472. The Morgan fingerprint density at radius 1 is 0.897 bits per heavy atom. The Bertz CT molecular complexity index is 1010. The molecule has 0 bridgehead atoms. The highest BCUT2D eigenvalue weighted by Crippen LogP contribution is 2.15. The molecule has 0 aliphatic carbocycles. The molecule has 0 atom stereocenters. The predicted octanol–water partition coefficient (Wildman–Crippen LogP) is 3.89. The smallest absolute Gasteiger partial charge is 0.274 e. The van der Waals surface area contributed by atoms with E-state index in [1.807, 2.05) is 56.3 Å². The molecule has 0 aliphatic heterocycles. The second-order valence-corrected chi connectivity index (χ2v) is 6.77. The maximum atomic E-state index is 12.5. The second kappa shape index (κ2) is 9.01. The fourth-order valence-corrected chi connectivity index (χ4v) is 2.95. The average Bonchev–Trinajstić information content (AvgIpc) is 2.71. The fourth-order valence-electron chi connectivity index (χ4n) is 2.95. The van der Waals surface area contributed by atoms with Crippen LogP contribution >= 0.6 is 0 Å². The summed E-state index contributed by atoms with van der Waals surface area (Å²) in [6, 6.07) is 18.0. The number of methoxy groups -OCH3 is 1. The van der Waals surface area contributed by atoms with Crippen LogP contribution in [0.3, 0.4) is 0 Å². The van der Waals surface area contributed by atoms with Gasteiger partial charge in [-0.05, 0) is 66.9 Å². The van der Waals surface area contributed by atoms with Gasteiger partial charge < -0.3 is 15.4 Å². The van der Waals surface area contributed by atoms with Crippen molar-refractivity contribution >= 4 is 17.5 Å². The Morgan fingerprint density at radius 2 is 1.52 bits per heavy atom. The third-order valence-electron chi connectivity index (χ3n) is 4.31. The van der Waals surface area contributed by atoms with Crippen molar-refractivity contribution in [2.45, 2.75) is 20.4 Å². The molecule has 0 saturated carbocycles. The molecule has 3 aromatic rings. The summed E-state index contributed by atoms with van der Waals surface area (Å²) < 4.78 is 5.12. The van der Waals surface area contributed by atoms with Crippen LogP contribution in [0.5, 0.6) is 5.75 Å². The molecule has 0 unspecified atom stereocenters. The van der Waals surface area contributed by atoms with E-state index in [0.29, 0.717) is 12.2 Å². The zero-order chi connectivity index (χ0) is 20.8. The number of anilines is 1. The molecule has 0 fully saturated rings. The van der Waals surface area contributed by atoms with E-state index >= 15 is 0 Å². The van der Waals surface area contributed by atoms with Gasteiger partial charge >= 0.3 is 0 Å². The molecule has 1 aromatic heterocycles. The summed E-state index contributed by atoms with van der Waals surface area (Å²) >= 11 is 0. The van der Waals surface area contributed by atoms with E-state index in [1.165, 1.54) is 0 Å². The zero-order valence-corrected chi connectivity index (χ0v) is 16.7. The van der Waals surface area contributed by atoms with Crippen LogP contribution in [0.1, 0.15) is 37.7 Å². The maximum absolute atomic E-state index is 12.5. The van der Waals surface area contributed by atoms with Crippen molar-refractivity contribution in [2.75, 3.05) is 12.4 Å². The SMILES string of the molecule is COc1ccc(CNC(=O)c2cccc(C(=O)Nc3cc(C)cc(C)c3)n2)cc1. The van der Waals surface area contributed by atoms with Crippen LogP contribution in [0.4, 0.5) is 5.69 Å². The number of carbonyl (C=O) groups is 2. The Labute approximate surface area is 169 Å². The first kappa shape index (κ1) is 20.1. The second-order valence-electron chi connectivity index (χ2n) is 6.77. The number of amides is 2. The van der Waals surface area contributed by atoms with Crippen LogP contribution in [-0.2, 0) is 6.54 Å². The standard InChI is InChI=1S/C23H23N3O3/c1-15-11-16(2)13-18(12-15)25-23(28)21-6-4-5-20(26-21)22(27)24-14-17-7-9-19(29-3)10-8-17/h4-13H,14H2,1-3H3,(H,24,27)(H,25,28). The van der Waals surface area contributed by atoms with E-state index in [4.69, 9.17) is 4.74 Å². The number of hydrogen-bond donors (Lipinski definition) is 2. The number of carbonyl (C=O) groups excluding carboxylic acids is 2. The van der Waals surface area contributed by atoms with Gasteiger partial charge in [-0.2, -0.15) is 0 Å². The lowest BCUT2D eigenvalue weighted by Crippen LogP contribution is -2.25. The van der Waals surface area contributed by atoms with E-state index in [1.54, 1.807) is 25.3 Å². The van der Waals surface area contributed by atoms with Gasteiger partial charge in [0, 0.05) is 12.2 Å². The number of pyridine rings is 1. The number of aromatic nitrogens is 1. The van der Waals surface area contributed by atoms with Gasteiger partial charge in [0.25, 0.3) is 11.8 Å². The Kier molecular flexibility index (Phi) is 6.24. The number of ether oxygens (including phenoxy) is 1. The lowest BCUT2D eigenvalue weighted by molar-refractivity contribution is 0.0945. The lowest BCUT2D eigenvalue weighted by Gasteiger charge is -2.09. The van der Waals surface area contributed by atoms with E-state index in [9.17, 15) is 9.59 Å². The van der Waals surface area contributed by atoms with Gasteiger partial charge in [0.2, 0.25) is 0 Å². The normalized spacial score (nSPS) is 10.3. The molecule has 0 aliphatic rings. The highest BCUT2D eigenvalue weighted by molar-refractivity contribution is 6.03. The summed E-state index contributed by atoms with van der Waals surface area (Å²) in [5, 5.41) is 5.64. The summed E-state index contributed by atoms with van der Waals surface area (Å²) in [4.78, 5) is 29.2. The molecule has 29 heavy (non-hydrogen) atoms. The van der Waals surface area contributed by atoms with Crippen molar-refractivity contribution < 1.29 is 14.3 Å². The van der Waals surface area contributed by atoms with Gasteiger partial charge in [0.15, 0.2) is 0 Å². The number of nitrogens with zero attached hydrogens (tertiary/aromatic N) is 1. The Balaban J connectivity index is 1.65. The largest absolute Gasteiger partial charge is 0.497 e. The maximum Gasteiger partial charge on any atom is 0.274 e. The number of nitrogens with one attached hydrogen (secondary N) is 2. The Morgan fingerprint density at radius 3 is 2.14 bits per heavy atom. The number of aryl methyl sites for hydroxylation is 2. The molecule has 6 nitrogen and oxygen atoms in total. The minimum absolute atomic E-state index is 0.182. The van der Waals surface area contributed by atoms with Crippen molar-refractivity contribution in [3.63, 3.8) is 0 Å². The summed E-state index contributed by atoms with van der Waals surface area (Å²) in [6.45, 7) is 4.28. The van der Waals surface area contributed by atoms with Crippen molar-refractivity contribution in [1.29, 1.82) is 0 Å². The number of hydrogen-bond acceptors (Lipinski definition) is 4. The molecule has 6 heteroatoms. The van der Waals surface area contributed by atoms with Crippen LogP contribution < -0.4 is 15.4 Å². The van der Waals surface area contributed by atoms with Gasteiger partial charge in [-0.15, -0.1) is 0 Å². The van der Waals surface area contributed by atoms with Crippen molar-refractivity contribution in [3.8, 4) is 5.75 Å². The van der Waals surface area contributed by atoms with E-state index in [0.717, 1.165) is 22.4 Å². The molecular weight excluding hydrogens is 366 g/mol. The zero-order valence-electron chi connectivity index (χ0n) is 16.7. The van der Waals surface area contributed by atoms with Gasteiger partial charge in [0.05, 0.1) is 7.11 Å². The molecule has 2 aromatic carbocycles. The molecule has 2 amide bonds. The molecule has 148 valence electrons. The first-order valence-corrected chi connectivity index (χ1v) is 9.22. The molecule has 0 spiro atoms. The predicted molar refractivity (Wildman–Crippen MR) is 112 cm³/mol. The van der Waals surface area contributed by atoms with Gasteiger partial charge in [-0.3, -0.25) is 9.59 Å². The first-order valence-electron chi connectivity index (χ1n) is 9.22. The molecule has 1 heterocycles. The Hall–Kier alpha value is -3.67. The van der Waals surface area contributed by atoms with Gasteiger partial charge in [-0.25, -0.2) is 4.98 Å².